The van der Waals surface area contributed by atoms with E-state index in [9.17, 15) is 13.2 Å². The van der Waals surface area contributed by atoms with Crippen molar-refractivity contribution < 1.29 is 22.7 Å². The van der Waals surface area contributed by atoms with Gasteiger partial charge in [-0.2, -0.15) is 0 Å². The highest BCUT2D eigenvalue weighted by Gasteiger charge is 2.34. The van der Waals surface area contributed by atoms with Crippen LogP contribution in [-0.2, 0) is 34.2 Å². The number of nitrogens with zero attached hydrogens (tertiary/aromatic N) is 1. The normalized spacial score (nSPS) is 13.4. The predicted molar refractivity (Wildman–Crippen MR) is 128 cm³/mol. The van der Waals surface area contributed by atoms with E-state index in [4.69, 9.17) is 9.47 Å². The minimum Gasteiger partial charge on any atom is -0.493 e. The molecule has 0 radical (unpaired) electrons. The second-order valence-corrected chi connectivity index (χ2v) is 10.1. The number of rotatable bonds is 6. The highest BCUT2D eigenvalue weighted by molar-refractivity contribution is 7.88. The molecule has 0 spiro atoms. The number of ether oxygens (including phenoxy) is 2. The highest BCUT2D eigenvalue weighted by atomic mass is 32.2. The lowest BCUT2D eigenvalue weighted by atomic mass is 9.94. The van der Waals surface area contributed by atoms with Crippen molar-refractivity contribution in [1.82, 2.24) is 4.31 Å². The largest absolute Gasteiger partial charge is 0.493 e. The Hall–Kier alpha value is -3.32. The molecule has 0 aromatic heterocycles. The fourth-order valence-electron chi connectivity index (χ4n) is 4.50. The van der Waals surface area contributed by atoms with Crippen LogP contribution >= 0.6 is 0 Å². The van der Waals surface area contributed by atoms with Crippen molar-refractivity contribution in [2.24, 2.45) is 5.92 Å². The zero-order valence-electron chi connectivity index (χ0n) is 18.9. The van der Waals surface area contributed by atoms with Gasteiger partial charge in [0.15, 0.2) is 11.5 Å². The molecular weight excluding hydrogens is 438 g/mol. The molecule has 0 N–H and O–H groups in total. The maximum atomic E-state index is 13.8. The van der Waals surface area contributed by atoms with E-state index in [1.54, 1.807) is 18.2 Å². The summed E-state index contributed by atoms with van der Waals surface area (Å²) in [4.78, 5) is 13.8. The molecule has 0 atom stereocenters. The molecule has 33 heavy (non-hydrogen) atoms. The maximum absolute atomic E-state index is 13.8. The van der Waals surface area contributed by atoms with E-state index in [-0.39, 0.29) is 6.54 Å². The van der Waals surface area contributed by atoms with Crippen molar-refractivity contribution in [3.05, 3.63) is 83.4 Å². The molecule has 0 fully saturated rings. The highest BCUT2D eigenvalue weighted by Crippen LogP contribution is 2.36. The molecule has 3 aromatic rings. The van der Waals surface area contributed by atoms with Crippen molar-refractivity contribution >= 4 is 15.9 Å². The second-order valence-electron chi connectivity index (χ2n) is 8.18. The third-order valence-corrected chi connectivity index (χ3v) is 7.16. The number of carbonyl (C=O) groups is 1. The van der Waals surface area contributed by atoms with Crippen LogP contribution in [0, 0.1) is 5.92 Å². The van der Waals surface area contributed by atoms with Crippen LogP contribution in [-0.4, -0.2) is 39.1 Å². The van der Waals surface area contributed by atoms with Crippen LogP contribution in [0.25, 0.3) is 11.1 Å². The molecule has 1 amide bonds. The molecule has 0 heterocycles. The molecule has 1 aliphatic carbocycles. The molecule has 172 valence electrons. The molecular formula is C26H27NO5S. The van der Waals surface area contributed by atoms with E-state index in [0.29, 0.717) is 29.9 Å². The van der Waals surface area contributed by atoms with E-state index >= 15 is 0 Å². The Morgan fingerprint density at radius 3 is 1.97 bits per heavy atom. The van der Waals surface area contributed by atoms with Crippen molar-refractivity contribution in [3.63, 3.8) is 0 Å². The molecule has 1 aliphatic rings. The van der Waals surface area contributed by atoms with Gasteiger partial charge >= 0.3 is 0 Å². The standard InChI is InChI=1S/C26H27NO5S/c1-31-24-14-8-11-20(25(24)32-2)17-27(33(3,29)30)26(28)21-15-18-9-4-6-12-22(18)23-13-7-5-10-19(23)16-21/h4-14,21H,15-17H2,1-3H3. The van der Waals surface area contributed by atoms with Crippen LogP contribution in [0.5, 0.6) is 11.5 Å². The first kappa shape index (κ1) is 22.9. The number of sulfonamides is 1. The van der Waals surface area contributed by atoms with Crippen LogP contribution in [0.4, 0.5) is 0 Å². The lowest BCUT2D eigenvalue weighted by Crippen LogP contribution is -2.41. The molecule has 3 aromatic carbocycles. The lowest BCUT2D eigenvalue weighted by molar-refractivity contribution is -0.131. The summed E-state index contributed by atoms with van der Waals surface area (Å²) in [5.74, 6) is -0.0405. The zero-order chi connectivity index (χ0) is 23.6. The van der Waals surface area contributed by atoms with Crippen molar-refractivity contribution in [3.8, 4) is 22.6 Å². The first-order chi connectivity index (χ1) is 15.8. The Kier molecular flexibility index (Phi) is 6.42. The Balaban J connectivity index is 1.73. The summed E-state index contributed by atoms with van der Waals surface area (Å²) < 4.78 is 37.3. The van der Waals surface area contributed by atoms with Gasteiger partial charge in [0.05, 0.1) is 27.0 Å². The van der Waals surface area contributed by atoms with E-state index in [1.807, 2.05) is 36.4 Å². The second kappa shape index (κ2) is 9.27. The maximum Gasteiger partial charge on any atom is 0.240 e. The van der Waals surface area contributed by atoms with E-state index < -0.39 is 21.8 Å². The number of benzene rings is 3. The average molecular weight is 466 g/mol. The Bertz CT molecular complexity index is 1240. The van der Waals surface area contributed by atoms with Gasteiger partial charge in [0.1, 0.15) is 0 Å². The molecule has 0 bridgehead atoms. The van der Waals surface area contributed by atoms with E-state index in [1.165, 1.54) is 14.2 Å². The summed E-state index contributed by atoms with van der Waals surface area (Å²) in [7, 11) is -0.827. The fourth-order valence-corrected chi connectivity index (χ4v) is 5.34. The zero-order valence-corrected chi connectivity index (χ0v) is 19.8. The minimum atomic E-state index is -3.84. The van der Waals surface area contributed by atoms with Crippen molar-refractivity contribution in [2.75, 3.05) is 20.5 Å². The summed E-state index contributed by atoms with van der Waals surface area (Å²) in [6.07, 6.45) is 1.99. The predicted octanol–water partition coefficient (Wildman–Crippen LogP) is 4.07. The Labute approximate surface area is 194 Å². The van der Waals surface area contributed by atoms with Gasteiger partial charge in [-0.3, -0.25) is 4.79 Å². The van der Waals surface area contributed by atoms with Gasteiger partial charge in [-0.15, -0.1) is 0 Å². The Morgan fingerprint density at radius 1 is 0.879 bits per heavy atom. The molecule has 4 rings (SSSR count). The SMILES string of the molecule is COc1cccc(CN(C(=O)C2Cc3ccccc3-c3ccccc3C2)S(C)(=O)=O)c1OC. The van der Waals surface area contributed by atoms with Crippen LogP contribution in [0.1, 0.15) is 16.7 Å². The molecule has 0 unspecified atom stereocenters. The summed E-state index contributed by atoms with van der Waals surface area (Å²) in [5.41, 5.74) is 4.80. The lowest BCUT2D eigenvalue weighted by Gasteiger charge is -2.26. The summed E-state index contributed by atoms with van der Waals surface area (Å²) in [6.45, 7) is -0.127. The topological polar surface area (TPSA) is 72.9 Å². The number of amides is 1. The summed E-state index contributed by atoms with van der Waals surface area (Å²) >= 11 is 0. The number of fused-ring (bicyclic) bond motifs is 3. The van der Waals surface area contributed by atoms with Crippen LogP contribution in [0.3, 0.4) is 0 Å². The smallest absolute Gasteiger partial charge is 0.240 e. The number of hydrogen-bond donors (Lipinski definition) is 0. The van der Waals surface area contributed by atoms with Gasteiger partial charge in [0.25, 0.3) is 0 Å². The molecule has 0 aliphatic heterocycles. The fraction of sp³-hybridized carbons (Fsp3) is 0.269. The van der Waals surface area contributed by atoms with Gasteiger partial charge in [0.2, 0.25) is 15.9 Å². The van der Waals surface area contributed by atoms with Gasteiger partial charge < -0.3 is 9.47 Å². The molecule has 0 saturated heterocycles. The van der Waals surface area contributed by atoms with Gasteiger partial charge in [-0.25, -0.2) is 12.7 Å². The van der Waals surface area contributed by atoms with Crippen molar-refractivity contribution in [1.29, 1.82) is 0 Å². The number of methoxy groups -OCH3 is 2. The molecule has 0 saturated carbocycles. The third kappa shape index (κ3) is 4.59. The number of para-hydroxylation sites is 1. The Morgan fingerprint density at radius 2 is 1.45 bits per heavy atom. The number of carbonyl (C=O) groups excluding carboxylic acids is 1. The first-order valence-corrected chi connectivity index (χ1v) is 12.6. The van der Waals surface area contributed by atoms with E-state index in [2.05, 4.69) is 12.1 Å². The van der Waals surface area contributed by atoms with Crippen LogP contribution in [0.2, 0.25) is 0 Å². The average Bonchev–Trinajstić information content (AvgIpc) is 2.98. The summed E-state index contributed by atoms with van der Waals surface area (Å²) in [6, 6.07) is 21.2. The summed E-state index contributed by atoms with van der Waals surface area (Å²) in [5, 5.41) is 0. The van der Waals surface area contributed by atoms with Gasteiger partial charge in [-0.05, 0) is 41.2 Å². The minimum absolute atomic E-state index is 0.127. The van der Waals surface area contributed by atoms with Crippen LogP contribution < -0.4 is 9.47 Å². The van der Waals surface area contributed by atoms with Crippen molar-refractivity contribution in [2.45, 2.75) is 19.4 Å². The van der Waals surface area contributed by atoms with Crippen LogP contribution in [0.15, 0.2) is 66.7 Å². The quantitative estimate of drug-likeness (QED) is 0.549. The first-order valence-electron chi connectivity index (χ1n) is 10.7. The van der Waals surface area contributed by atoms with E-state index in [0.717, 1.165) is 32.8 Å². The third-order valence-electron chi connectivity index (χ3n) is 6.05. The van der Waals surface area contributed by atoms with Gasteiger partial charge in [-0.1, -0.05) is 60.7 Å². The van der Waals surface area contributed by atoms with Gasteiger partial charge in [0, 0.05) is 11.5 Å². The molecule has 6 nitrogen and oxygen atoms in total. The monoisotopic (exact) mass is 465 g/mol. The number of hydrogen-bond acceptors (Lipinski definition) is 5. The molecule has 7 heteroatoms.